The molecule has 0 aliphatic carbocycles. The van der Waals surface area contributed by atoms with Gasteiger partial charge in [-0.3, -0.25) is 15.0 Å². The largest absolute Gasteiger partial charge is 0.399 e. The highest BCUT2D eigenvalue weighted by Gasteiger charge is 2.27. The third kappa shape index (κ3) is 1.39. The zero-order valence-electron chi connectivity index (χ0n) is 7.36. The minimum atomic E-state index is -0.285. The minimum absolute atomic E-state index is 0.0929. The van der Waals surface area contributed by atoms with Crippen LogP contribution in [0.2, 0.25) is 0 Å². The number of nitrogen functional groups attached to an aromatic ring is 1. The van der Waals surface area contributed by atoms with Crippen LogP contribution in [0, 0.1) is 0 Å². The first-order valence-electron chi connectivity index (χ1n) is 4.15. The van der Waals surface area contributed by atoms with E-state index in [9.17, 15) is 9.59 Å². The Kier molecular flexibility index (Phi) is 1.85. The van der Waals surface area contributed by atoms with Crippen molar-refractivity contribution in [2.75, 3.05) is 10.7 Å². The van der Waals surface area contributed by atoms with Gasteiger partial charge in [-0.1, -0.05) is 0 Å². The average molecular weight is 191 g/mol. The molecule has 1 heterocycles. The molecular weight excluding hydrogens is 182 g/mol. The van der Waals surface area contributed by atoms with Gasteiger partial charge in [-0.15, -0.1) is 0 Å². The molecule has 0 aromatic heterocycles. The molecule has 1 aromatic rings. The molecule has 0 atom stereocenters. The molecule has 3 N–H and O–H groups in total. The third-order valence-electron chi connectivity index (χ3n) is 1.95. The van der Waals surface area contributed by atoms with Crippen LogP contribution in [0.1, 0.15) is 6.42 Å². The van der Waals surface area contributed by atoms with Crippen molar-refractivity contribution in [3.8, 4) is 0 Å². The second kappa shape index (κ2) is 3.02. The smallest absolute Gasteiger partial charge is 0.255 e. The third-order valence-corrected chi connectivity index (χ3v) is 1.95. The zero-order chi connectivity index (χ0) is 10.1. The van der Waals surface area contributed by atoms with Crippen LogP contribution in [0.5, 0.6) is 0 Å². The van der Waals surface area contributed by atoms with E-state index in [1.807, 2.05) is 0 Å². The van der Waals surface area contributed by atoms with Crippen molar-refractivity contribution in [3.05, 3.63) is 24.3 Å². The Bertz CT molecular complexity index is 386. The Balaban J connectivity index is 2.27. The summed E-state index contributed by atoms with van der Waals surface area (Å²) in [6.45, 7) is 0. The standard InChI is InChI=1S/C9H9N3O2/c10-6-1-3-7(4-2-6)12-9(14)5-8(13)11-12/h1-4H,5,10H2,(H,11,13). The van der Waals surface area contributed by atoms with E-state index in [1.165, 1.54) is 5.01 Å². The molecule has 0 unspecified atom stereocenters. The number of nitrogens with two attached hydrogens (primary N) is 1. The molecule has 2 amide bonds. The van der Waals surface area contributed by atoms with Crippen molar-refractivity contribution in [1.29, 1.82) is 0 Å². The number of hydrazine groups is 1. The maximum Gasteiger partial charge on any atom is 0.255 e. The molecule has 0 radical (unpaired) electrons. The lowest BCUT2D eigenvalue weighted by atomic mass is 10.3. The molecule has 2 rings (SSSR count). The van der Waals surface area contributed by atoms with Gasteiger partial charge >= 0.3 is 0 Å². The van der Waals surface area contributed by atoms with Crippen molar-refractivity contribution in [2.45, 2.75) is 6.42 Å². The number of nitrogens with one attached hydrogen (secondary N) is 1. The molecule has 1 aliphatic rings. The fraction of sp³-hybridized carbons (Fsp3) is 0.111. The Morgan fingerprint density at radius 2 is 1.86 bits per heavy atom. The summed E-state index contributed by atoms with van der Waals surface area (Å²) in [5.41, 5.74) is 9.18. The topological polar surface area (TPSA) is 75.4 Å². The first-order chi connectivity index (χ1) is 6.66. The van der Waals surface area contributed by atoms with Crippen LogP contribution in [-0.4, -0.2) is 11.8 Å². The van der Waals surface area contributed by atoms with Gasteiger partial charge in [0.1, 0.15) is 6.42 Å². The number of amides is 2. The molecule has 1 fully saturated rings. The monoisotopic (exact) mass is 191 g/mol. The van der Waals surface area contributed by atoms with Crippen LogP contribution in [0.3, 0.4) is 0 Å². The van der Waals surface area contributed by atoms with Crippen LogP contribution in [-0.2, 0) is 9.59 Å². The average Bonchev–Trinajstić information content (AvgIpc) is 2.47. The maximum atomic E-state index is 11.3. The lowest BCUT2D eigenvalue weighted by Gasteiger charge is -2.14. The molecule has 5 nitrogen and oxygen atoms in total. The summed E-state index contributed by atoms with van der Waals surface area (Å²) in [7, 11) is 0. The summed E-state index contributed by atoms with van der Waals surface area (Å²) in [6.07, 6.45) is -0.0929. The van der Waals surface area contributed by atoms with Crippen molar-refractivity contribution in [1.82, 2.24) is 5.43 Å². The van der Waals surface area contributed by atoms with E-state index in [0.717, 1.165) is 0 Å². The Morgan fingerprint density at radius 3 is 2.36 bits per heavy atom. The van der Waals surface area contributed by atoms with Gasteiger partial charge in [0.15, 0.2) is 0 Å². The Morgan fingerprint density at radius 1 is 1.21 bits per heavy atom. The van der Waals surface area contributed by atoms with Gasteiger partial charge in [-0.25, -0.2) is 5.01 Å². The molecular formula is C9H9N3O2. The summed E-state index contributed by atoms with van der Waals surface area (Å²) < 4.78 is 0. The molecule has 14 heavy (non-hydrogen) atoms. The van der Waals surface area contributed by atoms with E-state index in [4.69, 9.17) is 5.73 Å². The van der Waals surface area contributed by atoms with Crippen LogP contribution in [0.25, 0.3) is 0 Å². The van der Waals surface area contributed by atoms with Crippen molar-refractivity contribution < 1.29 is 9.59 Å². The fourth-order valence-electron chi connectivity index (χ4n) is 1.27. The quantitative estimate of drug-likeness (QED) is 0.486. The van der Waals surface area contributed by atoms with Gasteiger partial charge in [0, 0.05) is 5.69 Å². The molecule has 0 saturated carbocycles. The van der Waals surface area contributed by atoms with Crippen LogP contribution in [0.4, 0.5) is 11.4 Å². The predicted molar refractivity (Wildman–Crippen MR) is 51.1 cm³/mol. The normalized spacial score (nSPS) is 15.9. The highest BCUT2D eigenvalue weighted by Crippen LogP contribution is 2.17. The van der Waals surface area contributed by atoms with Gasteiger partial charge in [-0.2, -0.15) is 0 Å². The molecule has 1 saturated heterocycles. The van der Waals surface area contributed by atoms with E-state index in [-0.39, 0.29) is 18.2 Å². The Hall–Kier alpha value is -2.04. The van der Waals surface area contributed by atoms with Crippen LogP contribution < -0.4 is 16.2 Å². The maximum absolute atomic E-state index is 11.3. The number of carbonyl (C=O) groups excluding carboxylic acids is 2. The SMILES string of the molecule is Nc1ccc(N2NC(=O)CC2=O)cc1. The summed E-state index contributed by atoms with van der Waals surface area (Å²) in [4.78, 5) is 22.2. The van der Waals surface area contributed by atoms with Gasteiger partial charge in [0.2, 0.25) is 5.91 Å². The van der Waals surface area contributed by atoms with E-state index in [1.54, 1.807) is 24.3 Å². The second-order valence-electron chi connectivity index (χ2n) is 3.03. The molecule has 0 bridgehead atoms. The summed E-state index contributed by atoms with van der Waals surface area (Å²) in [6, 6.07) is 6.71. The van der Waals surface area contributed by atoms with Gasteiger partial charge in [-0.05, 0) is 24.3 Å². The van der Waals surface area contributed by atoms with E-state index >= 15 is 0 Å². The van der Waals surface area contributed by atoms with Crippen molar-refractivity contribution >= 4 is 23.2 Å². The summed E-state index contributed by atoms with van der Waals surface area (Å²) in [5, 5.41) is 1.22. The lowest BCUT2D eigenvalue weighted by molar-refractivity contribution is -0.122. The molecule has 1 aromatic carbocycles. The Labute approximate surface area is 80.5 Å². The number of hydrogen-bond acceptors (Lipinski definition) is 3. The molecule has 72 valence electrons. The predicted octanol–water partition coefficient (Wildman–Crippen LogP) is 0.0367. The number of hydrogen-bond donors (Lipinski definition) is 2. The first-order valence-corrected chi connectivity index (χ1v) is 4.15. The number of anilines is 2. The van der Waals surface area contributed by atoms with E-state index in [2.05, 4.69) is 5.43 Å². The highest BCUT2D eigenvalue weighted by molar-refractivity contribution is 6.11. The summed E-state index contributed by atoms with van der Waals surface area (Å²) >= 11 is 0. The van der Waals surface area contributed by atoms with Crippen molar-refractivity contribution in [3.63, 3.8) is 0 Å². The van der Waals surface area contributed by atoms with Gasteiger partial charge in [0.25, 0.3) is 5.91 Å². The zero-order valence-corrected chi connectivity index (χ0v) is 7.36. The molecule has 5 heteroatoms. The summed E-state index contributed by atoms with van der Waals surface area (Å²) in [5.74, 6) is -0.536. The highest BCUT2D eigenvalue weighted by atomic mass is 16.2. The first kappa shape index (κ1) is 8.55. The van der Waals surface area contributed by atoms with Crippen LogP contribution in [0.15, 0.2) is 24.3 Å². The molecule has 0 spiro atoms. The minimum Gasteiger partial charge on any atom is -0.399 e. The molecule has 1 aliphatic heterocycles. The van der Waals surface area contributed by atoms with E-state index in [0.29, 0.717) is 11.4 Å². The lowest BCUT2D eigenvalue weighted by Crippen LogP contribution is -2.35. The van der Waals surface area contributed by atoms with Crippen molar-refractivity contribution in [2.24, 2.45) is 0 Å². The number of rotatable bonds is 1. The second-order valence-corrected chi connectivity index (χ2v) is 3.03. The fourth-order valence-corrected chi connectivity index (χ4v) is 1.27. The number of carbonyl (C=O) groups is 2. The number of nitrogens with zero attached hydrogens (tertiary/aromatic N) is 1. The van der Waals surface area contributed by atoms with E-state index < -0.39 is 0 Å². The van der Waals surface area contributed by atoms with Crippen LogP contribution >= 0.6 is 0 Å². The van der Waals surface area contributed by atoms with Gasteiger partial charge in [0.05, 0.1) is 5.69 Å². The van der Waals surface area contributed by atoms with Gasteiger partial charge < -0.3 is 5.73 Å². The number of benzene rings is 1.